The number of nitrogens with zero attached hydrogens (tertiary/aromatic N) is 2. The Morgan fingerprint density at radius 2 is 1.80 bits per heavy atom. The number of carbonyl (C=O) groups is 2. The lowest BCUT2D eigenvalue weighted by atomic mass is 10.1. The van der Waals surface area contributed by atoms with Gasteiger partial charge in [-0.1, -0.05) is 0 Å². The van der Waals surface area contributed by atoms with Crippen LogP contribution in [-0.2, 0) is 21.3 Å². The van der Waals surface area contributed by atoms with Crippen LogP contribution in [0.1, 0.15) is 51.9 Å². The highest BCUT2D eigenvalue weighted by atomic mass is 32.2. The van der Waals surface area contributed by atoms with Gasteiger partial charge in [-0.05, 0) is 63.4 Å². The molecule has 30 heavy (non-hydrogen) atoms. The van der Waals surface area contributed by atoms with Gasteiger partial charge in [-0.25, -0.2) is 17.6 Å². The van der Waals surface area contributed by atoms with E-state index in [0.29, 0.717) is 41.9 Å². The molecule has 0 N–H and O–H groups in total. The Balaban J connectivity index is 1.98. The zero-order valence-electron chi connectivity index (χ0n) is 17.4. The molecule has 1 aromatic carbocycles. The zero-order chi connectivity index (χ0) is 22.2. The maximum Gasteiger partial charge on any atom is 0.354 e. The van der Waals surface area contributed by atoms with Crippen LogP contribution in [-0.4, -0.2) is 48.7 Å². The van der Waals surface area contributed by atoms with Gasteiger partial charge >= 0.3 is 5.97 Å². The van der Waals surface area contributed by atoms with E-state index in [1.54, 1.807) is 18.4 Å². The Labute approximate surface area is 175 Å². The van der Waals surface area contributed by atoms with Gasteiger partial charge in [0, 0.05) is 23.8 Å². The molecule has 1 aliphatic carbocycles. The van der Waals surface area contributed by atoms with Crippen molar-refractivity contribution in [1.82, 2.24) is 8.87 Å². The Hall–Kier alpha value is -2.52. The van der Waals surface area contributed by atoms with Crippen molar-refractivity contribution in [2.75, 3.05) is 13.7 Å². The first-order valence-corrected chi connectivity index (χ1v) is 11.2. The lowest BCUT2D eigenvalue weighted by Gasteiger charge is -2.21. The number of rotatable bonds is 8. The van der Waals surface area contributed by atoms with Gasteiger partial charge in [0.1, 0.15) is 11.5 Å². The summed E-state index contributed by atoms with van der Waals surface area (Å²) in [4.78, 5) is 25.4. The van der Waals surface area contributed by atoms with Gasteiger partial charge in [0.25, 0.3) is 0 Å². The van der Waals surface area contributed by atoms with Crippen LogP contribution in [0.4, 0.5) is 4.39 Å². The molecule has 1 fully saturated rings. The lowest BCUT2D eigenvalue weighted by molar-refractivity contribution is 0.0587. The van der Waals surface area contributed by atoms with E-state index in [-0.39, 0.29) is 23.3 Å². The quantitative estimate of drug-likeness (QED) is 0.469. The number of methoxy groups -OCH3 is 1. The smallest absolute Gasteiger partial charge is 0.354 e. The molecule has 0 amide bonds. The van der Waals surface area contributed by atoms with E-state index >= 15 is 0 Å². The second kappa shape index (κ2) is 8.31. The van der Waals surface area contributed by atoms with Gasteiger partial charge in [0.2, 0.25) is 10.0 Å². The van der Waals surface area contributed by atoms with Crippen molar-refractivity contribution in [1.29, 1.82) is 0 Å². The largest absolute Gasteiger partial charge is 0.464 e. The Kier molecular flexibility index (Phi) is 6.14. The summed E-state index contributed by atoms with van der Waals surface area (Å²) in [6.45, 7) is 5.36. The molecule has 9 heteroatoms. The van der Waals surface area contributed by atoms with Crippen molar-refractivity contribution in [2.45, 2.75) is 51.1 Å². The predicted octanol–water partition coefficient (Wildman–Crippen LogP) is 3.09. The number of ether oxygens (including phenoxy) is 1. The van der Waals surface area contributed by atoms with Crippen LogP contribution >= 0.6 is 0 Å². The maximum absolute atomic E-state index is 13.2. The molecule has 0 bridgehead atoms. The summed E-state index contributed by atoms with van der Waals surface area (Å²) in [6.07, 6.45) is 1.32. The average molecular weight is 437 g/mol. The summed E-state index contributed by atoms with van der Waals surface area (Å²) in [6, 6.07) is 4.29. The molecule has 7 nitrogen and oxygen atoms in total. The molecule has 0 radical (unpaired) electrons. The standard InChI is InChI=1S/C21H25FN2O5S/c1-5-23-14(3)19(13(2)20(23)21(26)29-4)18(25)12-24(16-8-9-16)30(27,28)17-10-6-15(22)7-11-17/h6-7,10-11,16H,5,8-9,12H2,1-4H3. The molecule has 0 atom stereocenters. The predicted molar refractivity (Wildman–Crippen MR) is 109 cm³/mol. The highest BCUT2D eigenvalue weighted by molar-refractivity contribution is 7.89. The van der Waals surface area contributed by atoms with Gasteiger partial charge in [-0.3, -0.25) is 4.79 Å². The first kappa shape index (κ1) is 22.2. The number of aromatic nitrogens is 1. The number of hydrogen-bond donors (Lipinski definition) is 0. The molecular weight excluding hydrogens is 411 g/mol. The number of esters is 1. The molecule has 0 spiro atoms. The van der Waals surface area contributed by atoms with Gasteiger partial charge in [0.15, 0.2) is 5.78 Å². The number of benzene rings is 1. The number of hydrogen-bond acceptors (Lipinski definition) is 5. The minimum atomic E-state index is -3.97. The summed E-state index contributed by atoms with van der Waals surface area (Å²) < 4.78 is 47.2. The molecule has 0 saturated heterocycles. The number of Topliss-reactive ketones (excluding diaryl/α,β-unsaturated/α-hetero) is 1. The van der Waals surface area contributed by atoms with Gasteiger partial charge < -0.3 is 9.30 Å². The molecule has 162 valence electrons. The van der Waals surface area contributed by atoms with E-state index in [2.05, 4.69) is 0 Å². The van der Waals surface area contributed by atoms with E-state index in [1.165, 1.54) is 23.5 Å². The van der Waals surface area contributed by atoms with E-state index in [1.807, 2.05) is 6.92 Å². The fourth-order valence-corrected chi connectivity index (χ4v) is 5.44. The van der Waals surface area contributed by atoms with Crippen LogP contribution in [0.5, 0.6) is 0 Å². The second-order valence-electron chi connectivity index (χ2n) is 7.33. The molecular formula is C21H25FN2O5S. The van der Waals surface area contributed by atoms with Crippen LogP contribution in [0, 0.1) is 19.7 Å². The molecule has 3 rings (SSSR count). The van der Waals surface area contributed by atoms with Crippen molar-refractivity contribution in [2.24, 2.45) is 0 Å². The Morgan fingerprint density at radius 1 is 1.20 bits per heavy atom. The summed E-state index contributed by atoms with van der Waals surface area (Å²) in [7, 11) is -2.69. The highest BCUT2D eigenvalue weighted by Gasteiger charge is 2.40. The van der Waals surface area contributed by atoms with Crippen LogP contribution in [0.3, 0.4) is 0 Å². The molecule has 2 aromatic rings. The van der Waals surface area contributed by atoms with Gasteiger partial charge in [-0.15, -0.1) is 0 Å². The number of sulfonamides is 1. The van der Waals surface area contributed by atoms with Gasteiger partial charge in [-0.2, -0.15) is 4.31 Å². The minimum Gasteiger partial charge on any atom is -0.464 e. The third-order valence-corrected chi connectivity index (χ3v) is 7.33. The van der Waals surface area contributed by atoms with Crippen molar-refractivity contribution >= 4 is 21.8 Å². The monoisotopic (exact) mass is 436 g/mol. The zero-order valence-corrected chi connectivity index (χ0v) is 18.3. The third-order valence-electron chi connectivity index (χ3n) is 5.41. The summed E-state index contributed by atoms with van der Waals surface area (Å²) in [5.41, 5.74) is 1.69. The molecule has 1 heterocycles. The Morgan fingerprint density at radius 3 is 2.30 bits per heavy atom. The lowest BCUT2D eigenvalue weighted by Crippen LogP contribution is -2.37. The SMILES string of the molecule is CCn1c(C)c(C(=O)CN(C2CC2)S(=O)(=O)c2ccc(F)cc2)c(C)c1C(=O)OC. The van der Waals surface area contributed by atoms with E-state index in [0.717, 1.165) is 12.1 Å². The first-order valence-electron chi connectivity index (χ1n) is 9.72. The van der Waals surface area contributed by atoms with Gasteiger partial charge in [0.05, 0.1) is 18.6 Å². The van der Waals surface area contributed by atoms with Crippen LogP contribution in [0.25, 0.3) is 0 Å². The maximum atomic E-state index is 13.2. The molecule has 0 aliphatic heterocycles. The third kappa shape index (κ3) is 3.91. The van der Waals surface area contributed by atoms with Crippen molar-refractivity contribution < 1.29 is 27.1 Å². The minimum absolute atomic E-state index is 0.0570. The van der Waals surface area contributed by atoms with E-state index in [4.69, 9.17) is 4.74 Å². The molecule has 1 aromatic heterocycles. The van der Waals surface area contributed by atoms with Crippen LogP contribution in [0.2, 0.25) is 0 Å². The average Bonchev–Trinajstić information content (AvgIpc) is 3.50. The molecule has 1 saturated carbocycles. The molecule has 1 aliphatic rings. The van der Waals surface area contributed by atoms with Crippen LogP contribution < -0.4 is 0 Å². The van der Waals surface area contributed by atoms with Crippen molar-refractivity contribution in [3.05, 3.63) is 52.6 Å². The number of halogens is 1. The summed E-state index contributed by atoms with van der Waals surface area (Å²) in [5.74, 6) is -1.47. The van der Waals surface area contributed by atoms with E-state index < -0.39 is 21.8 Å². The molecule has 0 unspecified atom stereocenters. The summed E-state index contributed by atoms with van der Waals surface area (Å²) >= 11 is 0. The number of carbonyl (C=O) groups excluding carboxylic acids is 2. The van der Waals surface area contributed by atoms with Crippen molar-refractivity contribution in [3.8, 4) is 0 Å². The highest BCUT2D eigenvalue weighted by Crippen LogP contribution is 2.33. The first-order chi connectivity index (χ1) is 14.1. The van der Waals surface area contributed by atoms with E-state index in [9.17, 15) is 22.4 Å². The van der Waals surface area contributed by atoms with Crippen LogP contribution in [0.15, 0.2) is 29.2 Å². The summed E-state index contributed by atoms with van der Waals surface area (Å²) in [5, 5.41) is 0. The fourth-order valence-electron chi connectivity index (χ4n) is 3.80. The number of ketones is 1. The fraction of sp³-hybridized carbons (Fsp3) is 0.429. The Bertz CT molecular complexity index is 1090. The second-order valence-corrected chi connectivity index (χ2v) is 9.22. The normalized spacial score (nSPS) is 14.2. The van der Waals surface area contributed by atoms with Crippen molar-refractivity contribution in [3.63, 3.8) is 0 Å². The topological polar surface area (TPSA) is 85.7 Å².